The predicted molar refractivity (Wildman–Crippen MR) is 64.0 cm³/mol. The van der Waals surface area contributed by atoms with Gasteiger partial charge in [-0.05, 0) is 31.4 Å². The fourth-order valence-electron chi connectivity index (χ4n) is 2.31. The highest BCUT2D eigenvalue weighted by Gasteiger charge is 2.49. The molecule has 1 aromatic rings. The molecule has 1 atom stereocenters. The smallest absolute Gasteiger partial charge is 0.178 e. The maximum Gasteiger partial charge on any atom is 0.178 e. The van der Waals surface area contributed by atoms with Crippen molar-refractivity contribution in [3.63, 3.8) is 0 Å². The highest BCUT2D eigenvalue weighted by atomic mass is 32.2. The molecule has 0 bridgehead atoms. The average Bonchev–Trinajstić information content (AvgIpc) is 3.01. The molecule has 1 aliphatic rings. The minimum absolute atomic E-state index is 0.183. The van der Waals surface area contributed by atoms with E-state index >= 15 is 0 Å². The Kier molecular flexibility index (Phi) is 2.98. The van der Waals surface area contributed by atoms with Crippen molar-refractivity contribution in [3.05, 3.63) is 29.3 Å². The van der Waals surface area contributed by atoms with Gasteiger partial charge in [-0.3, -0.25) is 0 Å². The number of hydrogen-bond donors (Lipinski definition) is 1. The molecule has 0 radical (unpaired) electrons. The molecule has 0 aliphatic heterocycles. The van der Waals surface area contributed by atoms with Gasteiger partial charge in [-0.25, -0.2) is 17.2 Å². The van der Waals surface area contributed by atoms with Crippen LogP contribution in [0.1, 0.15) is 25.3 Å². The van der Waals surface area contributed by atoms with Crippen LogP contribution in [0.2, 0.25) is 0 Å². The van der Waals surface area contributed by atoms with Crippen molar-refractivity contribution in [1.82, 2.24) is 0 Å². The van der Waals surface area contributed by atoms with E-state index in [1.807, 2.05) is 0 Å². The van der Waals surface area contributed by atoms with Crippen LogP contribution in [-0.4, -0.2) is 20.7 Å². The summed E-state index contributed by atoms with van der Waals surface area (Å²) in [7, 11) is -3.76. The van der Waals surface area contributed by atoms with E-state index in [0.29, 0.717) is 12.8 Å². The van der Waals surface area contributed by atoms with Crippen LogP contribution in [0.5, 0.6) is 0 Å². The Hall–Kier alpha value is -1.01. The van der Waals surface area contributed by atoms with Gasteiger partial charge < -0.3 is 5.73 Å². The molecule has 0 aromatic heterocycles. The summed E-state index contributed by atoms with van der Waals surface area (Å²) in [6.45, 7) is 1.74. The number of hydrogen-bond acceptors (Lipinski definition) is 3. The summed E-state index contributed by atoms with van der Waals surface area (Å²) < 4.78 is 50.3. The Morgan fingerprint density at radius 2 is 1.83 bits per heavy atom. The molecule has 0 saturated heterocycles. The van der Waals surface area contributed by atoms with Crippen LogP contribution in [0.4, 0.5) is 8.78 Å². The zero-order valence-electron chi connectivity index (χ0n) is 10.2. The molecule has 0 spiro atoms. The van der Waals surface area contributed by atoms with Crippen molar-refractivity contribution < 1.29 is 17.2 Å². The van der Waals surface area contributed by atoms with Gasteiger partial charge in [0.2, 0.25) is 0 Å². The second-order valence-electron chi connectivity index (χ2n) is 4.96. The number of benzene rings is 1. The lowest BCUT2D eigenvalue weighted by Crippen LogP contribution is -2.32. The second kappa shape index (κ2) is 3.99. The van der Waals surface area contributed by atoms with Gasteiger partial charge in [-0.1, -0.05) is 6.07 Å². The second-order valence-corrected chi connectivity index (χ2v) is 6.94. The molecule has 18 heavy (non-hydrogen) atoms. The molecule has 0 amide bonds. The van der Waals surface area contributed by atoms with Crippen LogP contribution < -0.4 is 5.73 Å². The van der Waals surface area contributed by atoms with Crippen molar-refractivity contribution in [2.24, 2.45) is 5.73 Å². The first-order valence-electron chi connectivity index (χ1n) is 5.64. The highest BCUT2D eigenvalue weighted by Crippen LogP contribution is 2.51. The third-order valence-corrected chi connectivity index (χ3v) is 4.76. The summed E-state index contributed by atoms with van der Waals surface area (Å²) in [4.78, 5) is -0.607. The lowest BCUT2D eigenvalue weighted by Gasteiger charge is -2.21. The Morgan fingerprint density at radius 1 is 1.28 bits per heavy atom. The van der Waals surface area contributed by atoms with Crippen molar-refractivity contribution in [2.75, 3.05) is 6.26 Å². The highest BCUT2D eigenvalue weighted by molar-refractivity contribution is 7.90. The number of nitrogens with two attached hydrogens (primary N) is 1. The van der Waals surface area contributed by atoms with E-state index in [4.69, 9.17) is 5.73 Å². The SMILES string of the molecule is CC(N)C1(c2ccc(S(C)(=O)=O)c(F)c2F)CC1. The lowest BCUT2D eigenvalue weighted by molar-refractivity contribution is 0.449. The first-order valence-corrected chi connectivity index (χ1v) is 7.53. The predicted octanol–water partition coefficient (Wildman–Crippen LogP) is 1.75. The van der Waals surface area contributed by atoms with Crippen molar-refractivity contribution >= 4 is 9.84 Å². The molecule has 1 saturated carbocycles. The fourth-order valence-corrected chi connectivity index (χ4v) is 3.04. The largest absolute Gasteiger partial charge is 0.327 e. The molecule has 3 nitrogen and oxygen atoms in total. The lowest BCUT2D eigenvalue weighted by atomic mass is 9.89. The summed E-state index contributed by atoms with van der Waals surface area (Å²) in [5, 5.41) is 0. The van der Waals surface area contributed by atoms with E-state index in [2.05, 4.69) is 0 Å². The van der Waals surface area contributed by atoms with E-state index in [1.165, 1.54) is 6.07 Å². The Labute approximate surface area is 105 Å². The van der Waals surface area contributed by atoms with E-state index < -0.39 is 31.8 Å². The van der Waals surface area contributed by atoms with Crippen LogP contribution in [-0.2, 0) is 15.3 Å². The molecule has 1 unspecified atom stereocenters. The zero-order chi connectivity index (χ0) is 13.7. The number of sulfone groups is 1. The Morgan fingerprint density at radius 3 is 2.22 bits per heavy atom. The van der Waals surface area contributed by atoms with E-state index in [0.717, 1.165) is 12.3 Å². The molecule has 100 valence electrons. The van der Waals surface area contributed by atoms with Crippen LogP contribution in [0.3, 0.4) is 0 Å². The van der Waals surface area contributed by atoms with Gasteiger partial charge in [0.1, 0.15) is 4.90 Å². The molecule has 1 fully saturated rings. The van der Waals surface area contributed by atoms with Gasteiger partial charge >= 0.3 is 0 Å². The summed E-state index contributed by atoms with van der Waals surface area (Å²) in [6.07, 6.45) is 2.24. The third kappa shape index (κ3) is 1.93. The standard InChI is InChI=1S/C12H15F2NO2S/c1-7(15)12(5-6-12)8-3-4-9(18(2,16)17)11(14)10(8)13/h3-4,7H,5-6,15H2,1-2H3. The van der Waals surface area contributed by atoms with Gasteiger partial charge in [0.25, 0.3) is 0 Å². The van der Waals surface area contributed by atoms with Crippen LogP contribution in [0, 0.1) is 11.6 Å². The average molecular weight is 275 g/mol. The van der Waals surface area contributed by atoms with Crippen LogP contribution in [0.25, 0.3) is 0 Å². The molecule has 2 rings (SSSR count). The normalized spacial score (nSPS) is 19.6. The van der Waals surface area contributed by atoms with Crippen LogP contribution >= 0.6 is 0 Å². The number of halogens is 2. The van der Waals surface area contributed by atoms with Gasteiger partial charge in [0.05, 0.1) is 0 Å². The van der Waals surface area contributed by atoms with E-state index in [-0.39, 0.29) is 11.6 Å². The molecule has 6 heteroatoms. The number of rotatable bonds is 3. The molecule has 1 aliphatic carbocycles. The van der Waals surface area contributed by atoms with Crippen molar-refractivity contribution in [1.29, 1.82) is 0 Å². The summed E-state index contributed by atoms with van der Waals surface area (Å²) in [5.74, 6) is -2.39. The summed E-state index contributed by atoms with van der Waals surface area (Å²) in [6, 6.07) is 2.16. The van der Waals surface area contributed by atoms with Gasteiger partial charge in [-0.2, -0.15) is 0 Å². The molecule has 1 aromatic carbocycles. The molecule has 2 N–H and O–H groups in total. The molecular weight excluding hydrogens is 260 g/mol. The van der Waals surface area contributed by atoms with Gasteiger partial charge in [0.15, 0.2) is 21.5 Å². The monoisotopic (exact) mass is 275 g/mol. The Bertz CT molecular complexity index is 592. The summed E-state index contributed by atoms with van der Waals surface area (Å²) >= 11 is 0. The summed E-state index contributed by atoms with van der Waals surface area (Å²) in [5.41, 5.74) is 5.44. The van der Waals surface area contributed by atoms with Crippen molar-refractivity contribution in [3.8, 4) is 0 Å². The molecular formula is C12H15F2NO2S. The van der Waals surface area contributed by atoms with Crippen molar-refractivity contribution in [2.45, 2.75) is 36.1 Å². The van der Waals surface area contributed by atoms with E-state index in [9.17, 15) is 17.2 Å². The van der Waals surface area contributed by atoms with E-state index in [1.54, 1.807) is 6.92 Å². The fraction of sp³-hybridized carbons (Fsp3) is 0.500. The third-order valence-electron chi connectivity index (χ3n) is 3.64. The minimum atomic E-state index is -3.76. The topological polar surface area (TPSA) is 60.2 Å². The zero-order valence-corrected chi connectivity index (χ0v) is 11.0. The van der Waals surface area contributed by atoms with Gasteiger partial charge in [-0.15, -0.1) is 0 Å². The maximum absolute atomic E-state index is 14.0. The van der Waals surface area contributed by atoms with Gasteiger partial charge in [0, 0.05) is 17.7 Å². The maximum atomic E-state index is 14.0. The first kappa shape index (κ1) is 13.4. The molecule has 0 heterocycles. The Balaban J connectivity index is 2.59. The quantitative estimate of drug-likeness (QED) is 0.914. The minimum Gasteiger partial charge on any atom is -0.327 e. The first-order chi connectivity index (χ1) is 8.20. The van der Waals surface area contributed by atoms with Crippen LogP contribution in [0.15, 0.2) is 17.0 Å².